The fourth-order valence-corrected chi connectivity index (χ4v) is 6.11. The molecule has 0 saturated carbocycles. The van der Waals surface area contributed by atoms with Gasteiger partial charge in [-0.05, 0) is 38.0 Å². The summed E-state index contributed by atoms with van der Waals surface area (Å²) in [5, 5.41) is 14.5. The molecule has 0 aliphatic carbocycles. The maximum atomic E-state index is 13.0. The van der Waals surface area contributed by atoms with Crippen LogP contribution in [0.3, 0.4) is 0 Å². The number of H-pyrrole nitrogens is 1. The number of carbonyl (C=O) groups is 1. The maximum Gasteiger partial charge on any atom is 0.253 e. The summed E-state index contributed by atoms with van der Waals surface area (Å²) in [5.41, 5.74) is 2.73. The minimum atomic E-state index is -3.82. The van der Waals surface area contributed by atoms with Gasteiger partial charge in [0.2, 0.25) is 15.9 Å². The van der Waals surface area contributed by atoms with Crippen molar-refractivity contribution in [1.29, 1.82) is 5.26 Å². The molecule has 1 aromatic carbocycles. The molecule has 1 aliphatic heterocycles. The van der Waals surface area contributed by atoms with Gasteiger partial charge in [0, 0.05) is 50.6 Å². The molecule has 10 nitrogen and oxygen atoms in total. The highest BCUT2D eigenvalue weighted by Gasteiger charge is 2.31. The summed E-state index contributed by atoms with van der Waals surface area (Å²) in [4.78, 5) is 29.9. The van der Waals surface area contributed by atoms with Crippen molar-refractivity contribution in [2.24, 2.45) is 7.05 Å². The van der Waals surface area contributed by atoms with E-state index >= 15 is 0 Å². The van der Waals surface area contributed by atoms with Crippen LogP contribution in [0.2, 0.25) is 0 Å². The van der Waals surface area contributed by atoms with Crippen LogP contribution in [-0.4, -0.2) is 64.5 Å². The van der Waals surface area contributed by atoms with Gasteiger partial charge in [0.1, 0.15) is 11.7 Å². The van der Waals surface area contributed by atoms with Crippen LogP contribution in [0.1, 0.15) is 28.8 Å². The van der Waals surface area contributed by atoms with Crippen molar-refractivity contribution >= 4 is 27.0 Å². The van der Waals surface area contributed by atoms with Gasteiger partial charge in [0.25, 0.3) is 5.56 Å². The molecule has 0 bridgehead atoms. The van der Waals surface area contributed by atoms with Gasteiger partial charge in [0.15, 0.2) is 0 Å². The van der Waals surface area contributed by atoms with Crippen molar-refractivity contribution in [2.75, 3.05) is 26.2 Å². The van der Waals surface area contributed by atoms with Crippen molar-refractivity contribution in [3.8, 4) is 6.07 Å². The number of aromatic amines is 1. The van der Waals surface area contributed by atoms with Crippen molar-refractivity contribution < 1.29 is 13.2 Å². The summed E-state index contributed by atoms with van der Waals surface area (Å²) in [6.45, 7) is 4.55. The molecule has 34 heavy (non-hydrogen) atoms. The van der Waals surface area contributed by atoms with Crippen LogP contribution >= 0.6 is 0 Å². The minimum Gasteiger partial charge on any atom is -0.340 e. The lowest BCUT2D eigenvalue weighted by Gasteiger charge is -2.34. The first-order valence-corrected chi connectivity index (χ1v) is 12.4. The summed E-state index contributed by atoms with van der Waals surface area (Å²) in [5.74, 6) is -0.128. The molecule has 11 heteroatoms. The van der Waals surface area contributed by atoms with E-state index in [9.17, 15) is 23.3 Å². The number of nitrogens with one attached hydrogen (secondary N) is 1. The Bertz CT molecular complexity index is 1470. The van der Waals surface area contributed by atoms with Gasteiger partial charge >= 0.3 is 0 Å². The number of nitrogens with zero attached hydrogens (tertiary/aromatic N) is 5. The number of sulfonamides is 1. The van der Waals surface area contributed by atoms with Gasteiger partial charge in [0.05, 0.1) is 16.2 Å². The topological polar surface area (TPSA) is 132 Å². The lowest BCUT2D eigenvalue weighted by molar-refractivity contribution is -0.132. The normalized spacial score (nSPS) is 14.9. The Morgan fingerprint density at radius 3 is 2.53 bits per heavy atom. The summed E-state index contributed by atoms with van der Waals surface area (Å²) < 4.78 is 28.9. The number of aryl methyl sites for hydroxylation is 3. The largest absolute Gasteiger partial charge is 0.340 e. The van der Waals surface area contributed by atoms with Gasteiger partial charge in [-0.1, -0.05) is 12.1 Å². The fourth-order valence-electron chi connectivity index (χ4n) is 4.55. The molecule has 3 aromatic rings. The predicted molar refractivity (Wildman–Crippen MR) is 126 cm³/mol. The molecule has 1 saturated heterocycles. The average molecular weight is 483 g/mol. The van der Waals surface area contributed by atoms with E-state index in [0.29, 0.717) is 17.6 Å². The van der Waals surface area contributed by atoms with Crippen LogP contribution in [0.5, 0.6) is 0 Å². The third-order valence-electron chi connectivity index (χ3n) is 6.36. The Morgan fingerprint density at radius 2 is 1.85 bits per heavy atom. The zero-order chi connectivity index (χ0) is 24.6. The van der Waals surface area contributed by atoms with E-state index in [4.69, 9.17) is 0 Å². The number of fused-ring (bicyclic) bond motifs is 1. The molecule has 0 spiro atoms. The maximum absolute atomic E-state index is 13.0. The van der Waals surface area contributed by atoms with Gasteiger partial charge in [-0.3, -0.25) is 14.3 Å². The van der Waals surface area contributed by atoms with E-state index in [-0.39, 0.29) is 54.5 Å². The van der Waals surface area contributed by atoms with Crippen LogP contribution in [-0.2, 0) is 28.3 Å². The third-order valence-corrected chi connectivity index (χ3v) is 8.32. The molecule has 0 atom stereocenters. The second-order valence-corrected chi connectivity index (χ2v) is 10.3. The van der Waals surface area contributed by atoms with Crippen molar-refractivity contribution in [3.63, 3.8) is 0 Å². The molecule has 0 unspecified atom stereocenters. The SMILES string of the molecule is Cc1nn(C)c2[nH]c(=O)c(CCC(=O)N3CCN(S(=O)(=O)c4ccccc4C#N)CC3)c(C)c12. The van der Waals surface area contributed by atoms with Gasteiger partial charge in [-0.25, -0.2) is 8.42 Å². The molecule has 178 valence electrons. The van der Waals surface area contributed by atoms with E-state index in [2.05, 4.69) is 10.1 Å². The predicted octanol–water partition coefficient (Wildman–Crippen LogP) is 1.22. The lowest BCUT2D eigenvalue weighted by Crippen LogP contribution is -2.50. The first kappa shape index (κ1) is 23.7. The van der Waals surface area contributed by atoms with E-state index in [1.165, 1.54) is 16.4 Å². The highest BCUT2D eigenvalue weighted by Crippen LogP contribution is 2.23. The number of aromatic nitrogens is 3. The zero-order valence-electron chi connectivity index (χ0n) is 19.3. The number of rotatable bonds is 5. The van der Waals surface area contributed by atoms with Crippen LogP contribution in [0.25, 0.3) is 11.0 Å². The average Bonchev–Trinajstić information content (AvgIpc) is 3.11. The minimum absolute atomic E-state index is 0.0203. The molecule has 4 rings (SSSR count). The number of pyridine rings is 1. The third kappa shape index (κ3) is 4.10. The summed E-state index contributed by atoms with van der Waals surface area (Å²) in [7, 11) is -2.05. The van der Waals surface area contributed by atoms with Crippen LogP contribution in [0.4, 0.5) is 0 Å². The van der Waals surface area contributed by atoms with Crippen LogP contribution in [0, 0.1) is 25.2 Å². The van der Waals surface area contributed by atoms with E-state index < -0.39 is 10.0 Å². The number of hydrogen-bond acceptors (Lipinski definition) is 6. The Balaban J connectivity index is 1.43. The second-order valence-electron chi connectivity index (χ2n) is 8.38. The van der Waals surface area contributed by atoms with Crippen LogP contribution < -0.4 is 5.56 Å². The quantitative estimate of drug-likeness (QED) is 0.581. The van der Waals surface area contributed by atoms with E-state index in [0.717, 1.165) is 16.6 Å². The van der Waals surface area contributed by atoms with Crippen LogP contribution in [0.15, 0.2) is 34.0 Å². The molecular formula is C23H26N6O4S. The summed E-state index contributed by atoms with van der Waals surface area (Å²) >= 11 is 0. The first-order chi connectivity index (χ1) is 16.1. The molecule has 1 N–H and O–H groups in total. The Hall–Kier alpha value is -3.49. The Kier molecular flexibility index (Phi) is 6.29. The van der Waals surface area contributed by atoms with Crippen molar-refractivity contribution in [1.82, 2.24) is 24.0 Å². The molecule has 0 radical (unpaired) electrons. The first-order valence-electron chi connectivity index (χ1n) is 11.0. The highest BCUT2D eigenvalue weighted by molar-refractivity contribution is 7.89. The highest BCUT2D eigenvalue weighted by atomic mass is 32.2. The smallest absolute Gasteiger partial charge is 0.253 e. The number of piperazine rings is 1. The Labute approximate surface area is 197 Å². The monoisotopic (exact) mass is 482 g/mol. The molecule has 3 heterocycles. The number of carbonyl (C=O) groups excluding carboxylic acids is 1. The summed E-state index contributed by atoms with van der Waals surface area (Å²) in [6.07, 6.45) is 0.442. The fraction of sp³-hybridized carbons (Fsp3) is 0.391. The molecular weight excluding hydrogens is 456 g/mol. The number of nitriles is 1. The van der Waals surface area contributed by atoms with Gasteiger partial charge in [-0.15, -0.1) is 0 Å². The zero-order valence-corrected chi connectivity index (χ0v) is 20.1. The molecule has 2 aromatic heterocycles. The molecule has 1 aliphatic rings. The van der Waals surface area contributed by atoms with Crippen molar-refractivity contribution in [3.05, 3.63) is 57.0 Å². The number of amides is 1. The van der Waals surface area contributed by atoms with Gasteiger partial charge in [-0.2, -0.15) is 14.7 Å². The molecule has 1 amide bonds. The van der Waals surface area contributed by atoms with Gasteiger partial charge < -0.3 is 9.88 Å². The Morgan fingerprint density at radius 1 is 1.18 bits per heavy atom. The molecule has 1 fully saturated rings. The second kappa shape index (κ2) is 9.04. The number of hydrogen-bond donors (Lipinski definition) is 1. The lowest BCUT2D eigenvalue weighted by atomic mass is 10.0. The van der Waals surface area contributed by atoms with Crippen molar-refractivity contribution in [2.45, 2.75) is 31.6 Å². The van der Waals surface area contributed by atoms with E-state index in [1.807, 2.05) is 19.9 Å². The van der Waals surface area contributed by atoms with E-state index in [1.54, 1.807) is 28.8 Å². The standard InChI is InChI=1S/C23H26N6O4S/c1-15-18(23(31)25-22-21(15)16(2)26-27(22)3)8-9-20(30)28-10-12-29(13-11-28)34(32,33)19-7-5-4-6-17(19)14-24/h4-7H,8-13H2,1-3H3,(H,25,31). The number of benzene rings is 1. The summed E-state index contributed by atoms with van der Waals surface area (Å²) in [6, 6.07) is 8.02.